The largest absolute Gasteiger partial charge is 0.480 e. The molecule has 104 valence electrons. The number of nitro benzene ring substituents is 1. The second-order valence-electron chi connectivity index (χ2n) is 4.36. The van der Waals surface area contributed by atoms with Gasteiger partial charge >= 0.3 is 5.97 Å². The van der Waals surface area contributed by atoms with Gasteiger partial charge in [0.25, 0.3) is 5.69 Å². The minimum Gasteiger partial charge on any atom is -0.480 e. The molecular weight excluding hydrogens is 248 g/mol. The first-order valence-electron chi connectivity index (χ1n) is 6.16. The Morgan fingerprint density at radius 1 is 1.47 bits per heavy atom. The summed E-state index contributed by atoms with van der Waals surface area (Å²) in [6.45, 7) is 4.20. The predicted molar refractivity (Wildman–Crippen MR) is 71.0 cm³/mol. The molecule has 1 aromatic carbocycles. The van der Waals surface area contributed by atoms with E-state index in [2.05, 4.69) is 0 Å². The van der Waals surface area contributed by atoms with Gasteiger partial charge < -0.3 is 5.11 Å². The Hall–Kier alpha value is -1.95. The van der Waals surface area contributed by atoms with Crippen LogP contribution in [0.1, 0.15) is 31.9 Å². The summed E-state index contributed by atoms with van der Waals surface area (Å²) in [6.07, 6.45) is 0.790. The number of para-hydroxylation sites is 1. The highest BCUT2D eigenvalue weighted by atomic mass is 16.6. The maximum atomic E-state index is 11.0. The fourth-order valence-corrected chi connectivity index (χ4v) is 2.07. The number of hydrogen-bond donors (Lipinski definition) is 1. The van der Waals surface area contributed by atoms with Gasteiger partial charge in [0.2, 0.25) is 0 Å². The summed E-state index contributed by atoms with van der Waals surface area (Å²) in [7, 11) is 0. The third-order valence-electron chi connectivity index (χ3n) is 2.98. The molecule has 1 N–H and O–H groups in total. The van der Waals surface area contributed by atoms with Gasteiger partial charge in [0.15, 0.2) is 0 Å². The molecule has 0 fully saturated rings. The van der Waals surface area contributed by atoms with E-state index in [1.165, 1.54) is 6.07 Å². The molecule has 1 atom stereocenters. The van der Waals surface area contributed by atoms with Crippen molar-refractivity contribution in [3.05, 3.63) is 39.9 Å². The van der Waals surface area contributed by atoms with Gasteiger partial charge in [-0.15, -0.1) is 0 Å². The van der Waals surface area contributed by atoms with E-state index >= 15 is 0 Å². The number of carboxylic acids is 1. The van der Waals surface area contributed by atoms with Crippen molar-refractivity contribution >= 4 is 11.7 Å². The Labute approximate surface area is 111 Å². The number of nitrogens with zero attached hydrogens (tertiary/aromatic N) is 2. The molecule has 1 unspecified atom stereocenters. The second kappa shape index (κ2) is 6.84. The zero-order valence-corrected chi connectivity index (χ0v) is 11.1. The van der Waals surface area contributed by atoms with Crippen molar-refractivity contribution in [2.75, 3.05) is 13.1 Å². The first-order chi connectivity index (χ1) is 8.97. The molecule has 19 heavy (non-hydrogen) atoms. The molecule has 0 aliphatic carbocycles. The van der Waals surface area contributed by atoms with E-state index in [1.54, 1.807) is 30.0 Å². The molecule has 0 spiro atoms. The second-order valence-corrected chi connectivity index (χ2v) is 4.36. The van der Waals surface area contributed by atoms with Gasteiger partial charge in [-0.25, -0.2) is 0 Å². The standard InChI is InChI=1S/C13H18N2O4/c1-3-8-14(9-13(16)17)10(2)11-6-4-5-7-12(11)15(18)19/h4-7,10H,3,8-9H2,1-2H3,(H,16,17). The lowest BCUT2D eigenvalue weighted by molar-refractivity contribution is -0.386. The summed E-state index contributed by atoms with van der Waals surface area (Å²) >= 11 is 0. The molecule has 0 aliphatic rings. The number of carbonyl (C=O) groups is 1. The average molecular weight is 266 g/mol. The molecule has 6 nitrogen and oxygen atoms in total. The summed E-state index contributed by atoms with van der Waals surface area (Å²) < 4.78 is 0. The van der Waals surface area contributed by atoms with Gasteiger partial charge in [0.1, 0.15) is 0 Å². The summed E-state index contributed by atoms with van der Waals surface area (Å²) in [6, 6.07) is 6.14. The van der Waals surface area contributed by atoms with E-state index in [9.17, 15) is 14.9 Å². The Morgan fingerprint density at radius 2 is 2.11 bits per heavy atom. The molecule has 0 saturated carbocycles. The van der Waals surface area contributed by atoms with E-state index in [0.717, 1.165) is 6.42 Å². The number of benzene rings is 1. The summed E-state index contributed by atoms with van der Waals surface area (Å²) in [5.74, 6) is -0.932. The van der Waals surface area contributed by atoms with Crippen LogP contribution in [0.3, 0.4) is 0 Å². The number of rotatable bonds is 7. The molecular formula is C13H18N2O4. The van der Waals surface area contributed by atoms with E-state index in [1.807, 2.05) is 6.92 Å². The van der Waals surface area contributed by atoms with Gasteiger partial charge in [-0.05, 0) is 19.9 Å². The lowest BCUT2D eigenvalue weighted by Gasteiger charge is -2.27. The minimum absolute atomic E-state index is 0.0292. The Balaban J connectivity index is 3.04. The quantitative estimate of drug-likeness (QED) is 0.605. The lowest BCUT2D eigenvalue weighted by atomic mass is 10.0. The van der Waals surface area contributed by atoms with E-state index in [4.69, 9.17) is 5.11 Å². The molecule has 1 rings (SSSR count). The molecule has 0 amide bonds. The van der Waals surface area contributed by atoms with Crippen molar-refractivity contribution in [1.29, 1.82) is 0 Å². The maximum Gasteiger partial charge on any atom is 0.317 e. The normalized spacial score (nSPS) is 12.4. The van der Waals surface area contributed by atoms with E-state index in [0.29, 0.717) is 12.1 Å². The molecule has 6 heteroatoms. The number of nitro groups is 1. The summed E-state index contributed by atoms with van der Waals surface area (Å²) in [4.78, 5) is 23.2. The predicted octanol–water partition coefficient (Wildman–Crippen LogP) is 2.45. The van der Waals surface area contributed by atoms with Gasteiger partial charge in [-0.3, -0.25) is 19.8 Å². The zero-order valence-electron chi connectivity index (χ0n) is 11.1. The SMILES string of the molecule is CCCN(CC(=O)O)C(C)c1ccccc1[N+](=O)[O-]. The van der Waals surface area contributed by atoms with Gasteiger partial charge in [0, 0.05) is 17.7 Å². The van der Waals surface area contributed by atoms with Crippen molar-refractivity contribution in [1.82, 2.24) is 4.90 Å². The van der Waals surface area contributed by atoms with Crippen molar-refractivity contribution < 1.29 is 14.8 Å². The van der Waals surface area contributed by atoms with Crippen LogP contribution in [0.4, 0.5) is 5.69 Å². The van der Waals surface area contributed by atoms with Crippen molar-refractivity contribution in [3.63, 3.8) is 0 Å². The fraction of sp³-hybridized carbons (Fsp3) is 0.462. The van der Waals surface area contributed by atoms with Crippen molar-refractivity contribution in [2.24, 2.45) is 0 Å². The fourth-order valence-electron chi connectivity index (χ4n) is 2.07. The highest BCUT2D eigenvalue weighted by Crippen LogP contribution is 2.28. The molecule has 0 saturated heterocycles. The smallest absolute Gasteiger partial charge is 0.317 e. The van der Waals surface area contributed by atoms with Crippen LogP contribution in [-0.4, -0.2) is 34.0 Å². The summed E-state index contributed by atoms with van der Waals surface area (Å²) in [5, 5.41) is 19.9. The van der Waals surface area contributed by atoms with Gasteiger partial charge in [-0.1, -0.05) is 25.1 Å². The lowest BCUT2D eigenvalue weighted by Crippen LogP contribution is -2.33. The molecule has 0 bridgehead atoms. The monoisotopic (exact) mass is 266 g/mol. The molecule has 0 radical (unpaired) electrons. The van der Waals surface area contributed by atoms with Gasteiger partial charge in [-0.2, -0.15) is 0 Å². The average Bonchev–Trinajstić information content (AvgIpc) is 2.37. The van der Waals surface area contributed by atoms with Crippen LogP contribution in [0.25, 0.3) is 0 Å². The van der Waals surface area contributed by atoms with Gasteiger partial charge in [0.05, 0.1) is 11.5 Å². The van der Waals surface area contributed by atoms with Crippen LogP contribution in [-0.2, 0) is 4.79 Å². The Bertz CT molecular complexity index is 462. The molecule has 1 aromatic rings. The van der Waals surface area contributed by atoms with Crippen LogP contribution in [0.5, 0.6) is 0 Å². The van der Waals surface area contributed by atoms with Crippen LogP contribution < -0.4 is 0 Å². The van der Waals surface area contributed by atoms with E-state index < -0.39 is 10.9 Å². The topological polar surface area (TPSA) is 83.7 Å². The number of aliphatic carboxylic acids is 1. The summed E-state index contributed by atoms with van der Waals surface area (Å²) in [5.41, 5.74) is 0.573. The first-order valence-corrected chi connectivity index (χ1v) is 6.16. The van der Waals surface area contributed by atoms with Crippen molar-refractivity contribution in [2.45, 2.75) is 26.3 Å². The zero-order chi connectivity index (χ0) is 14.4. The highest BCUT2D eigenvalue weighted by Gasteiger charge is 2.24. The van der Waals surface area contributed by atoms with Crippen molar-refractivity contribution in [3.8, 4) is 0 Å². The van der Waals surface area contributed by atoms with Crippen LogP contribution in [0.2, 0.25) is 0 Å². The number of hydrogen-bond acceptors (Lipinski definition) is 4. The minimum atomic E-state index is -0.932. The van der Waals surface area contributed by atoms with Crippen LogP contribution in [0.15, 0.2) is 24.3 Å². The Kier molecular flexibility index (Phi) is 5.44. The third kappa shape index (κ3) is 4.03. The highest BCUT2D eigenvalue weighted by molar-refractivity contribution is 5.69. The molecule has 0 aliphatic heterocycles. The van der Waals surface area contributed by atoms with E-state index in [-0.39, 0.29) is 18.3 Å². The molecule has 0 heterocycles. The van der Waals surface area contributed by atoms with Crippen LogP contribution >= 0.6 is 0 Å². The number of carboxylic acid groups (broad SMARTS) is 1. The molecule has 0 aromatic heterocycles. The Morgan fingerprint density at radius 3 is 2.63 bits per heavy atom. The first kappa shape index (κ1) is 15.1. The maximum absolute atomic E-state index is 11.0. The third-order valence-corrected chi connectivity index (χ3v) is 2.98. The van der Waals surface area contributed by atoms with Crippen LogP contribution in [0, 0.1) is 10.1 Å².